The molecule has 0 radical (unpaired) electrons. The molecule has 0 amide bonds. The Morgan fingerprint density at radius 1 is 0.615 bits per heavy atom. The second-order valence-corrected chi connectivity index (χ2v) is 7.46. The molecule has 0 bridgehead atoms. The smallest absolute Gasteiger partial charge is 0.0697 e. The van der Waals surface area contributed by atoms with Gasteiger partial charge in [-0.15, -0.1) is 0 Å². The van der Waals surface area contributed by atoms with Crippen molar-refractivity contribution >= 4 is 26.9 Å². The summed E-state index contributed by atoms with van der Waals surface area (Å²) in [6.07, 6.45) is 9.19. The third-order valence-electron chi connectivity index (χ3n) is 3.56. The van der Waals surface area contributed by atoms with Crippen LogP contribution in [0.4, 0.5) is 0 Å². The van der Waals surface area contributed by atoms with Gasteiger partial charge in [0.25, 0.3) is 0 Å². The largest absolute Gasteiger partial charge is 0.333 e. The molecule has 0 saturated heterocycles. The quantitative estimate of drug-likeness (QED) is 0.520. The zero-order valence-electron chi connectivity index (χ0n) is 15.0. The van der Waals surface area contributed by atoms with Gasteiger partial charge in [0.05, 0.1) is 9.52 Å². The van der Waals surface area contributed by atoms with Gasteiger partial charge in [-0.2, -0.15) is 0 Å². The first kappa shape index (κ1) is 22.1. The van der Waals surface area contributed by atoms with Crippen molar-refractivity contribution in [3.8, 4) is 0 Å². The van der Waals surface area contributed by atoms with Crippen molar-refractivity contribution in [2.45, 2.75) is 0 Å². The first-order valence-electron chi connectivity index (χ1n) is 8.57. The van der Waals surface area contributed by atoms with Crippen molar-refractivity contribution < 1.29 is 21.7 Å². The summed E-state index contributed by atoms with van der Waals surface area (Å²) in [6.45, 7) is 0. The molecule has 0 aliphatic rings. The van der Waals surface area contributed by atoms with Crippen LogP contribution >= 0.6 is 0 Å². The summed E-state index contributed by atoms with van der Waals surface area (Å²) in [6, 6.07) is 31.1. The Morgan fingerprint density at radius 2 is 1.00 bits per heavy atom. The molecular weight excluding hydrogens is 366 g/mol. The summed E-state index contributed by atoms with van der Waals surface area (Å²) < 4.78 is 0. The van der Waals surface area contributed by atoms with Gasteiger partial charge in [0.2, 0.25) is 0 Å². The molecule has 0 atom stereocenters. The standard InChI is InChI=1S/C16H14.C7H11NSi.Ti/c1-3-9-15(10-4-1)13-7-8-14-16-11-5-2-6-12-16;8-6-9-7-4-2-1-3-5-7;/h1-14H;1-5H,6,8-9H2;. The molecule has 130 valence electrons. The average molecular weight is 391 g/mol. The Bertz CT molecular complexity index is 708. The van der Waals surface area contributed by atoms with Crippen LogP contribution in [-0.4, -0.2) is 15.7 Å². The summed E-state index contributed by atoms with van der Waals surface area (Å²) >= 11 is 0. The molecular formula is C23H25NSiTi. The van der Waals surface area contributed by atoms with E-state index in [-0.39, 0.29) is 31.2 Å². The number of hydrogen-bond donors (Lipinski definition) is 1. The molecule has 0 aliphatic heterocycles. The predicted molar refractivity (Wildman–Crippen MR) is 115 cm³/mol. The van der Waals surface area contributed by atoms with Crippen molar-refractivity contribution in [3.63, 3.8) is 0 Å². The molecule has 0 aromatic heterocycles. The second-order valence-electron chi connectivity index (χ2n) is 5.56. The first-order valence-corrected chi connectivity index (χ1v) is 10.3. The van der Waals surface area contributed by atoms with Crippen LogP contribution in [0.5, 0.6) is 0 Å². The molecule has 2 N–H and O–H groups in total. The van der Waals surface area contributed by atoms with Crippen LogP contribution in [0.2, 0.25) is 0 Å². The van der Waals surface area contributed by atoms with Gasteiger partial charge in [-0.1, -0.05) is 120 Å². The van der Waals surface area contributed by atoms with Gasteiger partial charge in [0.1, 0.15) is 0 Å². The van der Waals surface area contributed by atoms with Crippen molar-refractivity contribution in [3.05, 3.63) is 114 Å². The van der Waals surface area contributed by atoms with Crippen molar-refractivity contribution in [1.82, 2.24) is 0 Å². The van der Waals surface area contributed by atoms with Crippen LogP contribution in [-0.2, 0) is 21.7 Å². The number of rotatable bonds is 5. The zero-order chi connectivity index (χ0) is 17.6. The normalized spacial score (nSPS) is 10.7. The van der Waals surface area contributed by atoms with E-state index in [2.05, 4.69) is 72.8 Å². The number of allylic oxidation sites excluding steroid dienone is 2. The summed E-state index contributed by atoms with van der Waals surface area (Å²) in [7, 11) is -0.123. The molecule has 3 heteroatoms. The SMILES string of the molecule is C(C=Cc1ccccc1)=Cc1ccccc1.NC[SiH2]c1ccccc1.[Ti]. The summed E-state index contributed by atoms with van der Waals surface area (Å²) in [5, 5.41) is 1.46. The number of benzene rings is 3. The van der Waals surface area contributed by atoms with E-state index in [1.807, 2.05) is 42.5 Å². The first-order chi connectivity index (χ1) is 12.4. The summed E-state index contributed by atoms with van der Waals surface area (Å²) in [4.78, 5) is 0. The van der Waals surface area contributed by atoms with Crippen LogP contribution in [0.15, 0.2) is 103 Å². The molecule has 1 nitrogen and oxygen atoms in total. The topological polar surface area (TPSA) is 26.0 Å². The van der Waals surface area contributed by atoms with Gasteiger partial charge in [-0.3, -0.25) is 0 Å². The second kappa shape index (κ2) is 14.2. The minimum Gasteiger partial charge on any atom is -0.333 e. The molecule has 0 heterocycles. The van der Waals surface area contributed by atoms with Gasteiger partial charge >= 0.3 is 0 Å². The molecule has 0 aliphatic carbocycles. The van der Waals surface area contributed by atoms with E-state index in [9.17, 15) is 0 Å². The number of hydrogen-bond acceptors (Lipinski definition) is 1. The number of nitrogens with two attached hydrogens (primary N) is 1. The summed E-state index contributed by atoms with van der Waals surface area (Å²) in [5.41, 5.74) is 7.87. The maximum Gasteiger partial charge on any atom is 0.0697 e. The van der Waals surface area contributed by atoms with E-state index < -0.39 is 0 Å². The van der Waals surface area contributed by atoms with E-state index >= 15 is 0 Å². The Morgan fingerprint density at radius 3 is 1.38 bits per heavy atom. The van der Waals surface area contributed by atoms with Gasteiger partial charge in [0.15, 0.2) is 0 Å². The van der Waals surface area contributed by atoms with Crippen molar-refractivity contribution in [2.24, 2.45) is 5.73 Å². The average Bonchev–Trinajstić information content (AvgIpc) is 2.69. The van der Waals surface area contributed by atoms with E-state index in [0.29, 0.717) is 0 Å². The fourth-order valence-electron chi connectivity index (χ4n) is 2.27. The predicted octanol–water partition coefficient (Wildman–Crippen LogP) is 3.81. The minimum absolute atomic E-state index is 0. The third kappa shape index (κ3) is 9.50. The zero-order valence-corrected chi connectivity index (χ0v) is 17.9. The monoisotopic (exact) mass is 391 g/mol. The molecule has 0 unspecified atom stereocenters. The molecule has 3 aromatic carbocycles. The van der Waals surface area contributed by atoms with E-state index in [0.717, 1.165) is 6.17 Å². The summed E-state index contributed by atoms with van der Waals surface area (Å²) in [5.74, 6) is 0. The molecule has 0 spiro atoms. The maximum absolute atomic E-state index is 5.42. The van der Waals surface area contributed by atoms with Crippen LogP contribution in [0, 0.1) is 0 Å². The van der Waals surface area contributed by atoms with Crippen LogP contribution in [0.3, 0.4) is 0 Å². The third-order valence-corrected chi connectivity index (χ3v) is 4.90. The van der Waals surface area contributed by atoms with Gasteiger partial charge in [-0.05, 0) is 17.3 Å². The molecule has 26 heavy (non-hydrogen) atoms. The van der Waals surface area contributed by atoms with E-state index in [1.165, 1.54) is 16.3 Å². The van der Waals surface area contributed by atoms with Gasteiger partial charge < -0.3 is 5.73 Å². The van der Waals surface area contributed by atoms with Crippen LogP contribution in [0.25, 0.3) is 12.2 Å². The molecule has 3 rings (SSSR count). The Hall–Kier alpha value is -1.97. The molecule has 0 fully saturated rings. The Kier molecular flexibility index (Phi) is 12.1. The van der Waals surface area contributed by atoms with Crippen molar-refractivity contribution in [2.75, 3.05) is 6.17 Å². The molecule has 3 aromatic rings. The Labute approximate surface area is 174 Å². The van der Waals surface area contributed by atoms with Crippen molar-refractivity contribution in [1.29, 1.82) is 0 Å². The van der Waals surface area contributed by atoms with E-state index in [1.54, 1.807) is 0 Å². The maximum atomic E-state index is 5.42. The van der Waals surface area contributed by atoms with E-state index in [4.69, 9.17) is 5.73 Å². The minimum atomic E-state index is -0.123. The van der Waals surface area contributed by atoms with Gasteiger partial charge in [-0.25, -0.2) is 0 Å². The van der Waals surface area contributed by atoms with Crippen LogP contribution < -0.4 is 10.9 Å². The fourth-order valence-corrected chi connectivity index (χ4v) is 3.21. The van der Waals surface area contributed by atoms with Crippen LogP contribution in [0.1, 0.15) is 11.1 Å². The Balaban J connectivity index is 0.000000290. The van der Waals surface area contributed by atoms with Gasteiger partial charge in [0, 0.05) is 21.7 Å². The fraction of sp³-hybridized carbons (Fsp3) is 0.0435. The molecule has 0 saturated carbocycles.